The largest absolute Gasteiger partial charge is 0.490 e. The summed E-state index contributed by atoms with van der Waals surface area (Å²) in [7, 11) is 0. The Labute approximate surface area is 189 Å². The van der Waals surface area contributed by atoms with Crippen molar-refractivity contribution in [3.8, 4) is 35.3 Å². The molecule has 2 aromatic carbocycles. The highest BCUT2D eigenvalue weighted by atomic mass is 35.5. The molecule has 0 radical (unpaired) electrons. The monoisotopic (exact) mass is 457 g/mol. The fraction of sp³-hybridized carbons (Fsp3) is 0.227. The molecule has 0 saturated heterocycles. The number of halogens is 1. The minimum absolute atomic E-state index is 0.0429. The quantitative estimate of drug-likeness (QED) is 0.340. The zero-order valence-corrected chi connectivity index (χ0v) is 17.9. The summed E-state index contributed by atoms with van der Waals surface area (Å²) in [5, 5.41) is 6.67. The van der Waals surface area contributed by atoms with Crippen LogP contribution in [-0.2, 0) is 4.79 Å². The van der Waals surface area contributed by atoms with Gasteiger partial charge in [-0.2, -0.15) is 5.10 Å². The molecule has 1 aliphatic rings. The zero-order chi connectivity index (χ0) is 22.9. The molecule has 2 aromatic rings. The van der Waals surface area contributed by atoms with Gasteiger partial charge in [0.25, 0.3) is 11.8 Å². The Morgan fingerprint density at radius 2 is 2.06 bits per heavy atom. The van der Waals surface area contributed by atoms with Gasteiger partial charge >= 0.3 is 0 Å². The minimum Gasteiger partial charge on any atom is -0.490 e. The molecule has 0 saturated carbocycles. The number of ether oxygens (including phenoxy) is 4. The number of fused-ring (bicyclic) bond motifs is 1. The normalized spacial score (nSPS) is 11.7. The maximum absolute atomic E-state index is 12.2. The molecule has 1 heterocycles. The van der Waals surface area contributed by atoms with Crippen LogP contribution in [0, 0.1) is 12.3 Å². The number of hydrazone groups is 1. The lowest BCUT2D eigenvalue weighted by Crippen LogP contribution is -2.34. The van der Waals surface area contributed by atoms with Gasteiger partial charge < -0.3 is 24.3 Å². The maximum atomic E-state index is 12.2. The fourth-order valence-electron chi connectivity index (χ4n) is 2.70. The van der Waals surface area contributed by atoms with E-state index in [4.69, 9.17) is 37.0 Å². The topological polar surface area (TPSA) is 107 Å². The molecule has 1 aliphatic heterocycles. The van der Waals surface area contributed by atoms with Crippen LogP contribution in [0.2, 0.25) is 5.02 Å². The molecule has 0 spiro atoms. The van der Waals surface area contributed by atoms with Crippen LogP contribution in [0.4, 0.5) is 0 Å². The first-order chi connectivity index (χ1) is 15.5. The Hall–Kier alpha value is -3.90. The Kier molecular flexibility index (Phi) is 7.78. The molecule has 2 N–H and O–H groups in total. The van der Waals surface area contributed by atoms with E-state index in [9.17, 15) is 9.59 Å². The van der Waals surface area contributed by atoms with E-state index in [2.05, 4.69) is 21.8 Å². The van der Waals surface area contributed by atoms with Crippen molar-refractivity contribution in [2.45, 2.75) is 6.92 Å². The van der Waals surface area contributed by atoms with Gasteiger partial charge in [0.2, 0.25) is 6.79 Å². The lowest BCUT2D eigenvalue weighted by atomic mass is 10.2. The highest BCUT2D eigenvalue weighted by molar-refractivity contribution is 6.32. The Balaban J connectivity index is 1.54. The van der Waals surface area contributed by atoms with Gasteiger partial charge in [0.15, 0.2) is 23.0 Å². The van der Waals surface area contributed by atoms with Crippen LogP contribution in [0.25, 0.3) is 0 Å². The molecule has 0 atom stereocenters. The number of nitrogens with zero attached hydrogens (tertiary/aromatic N) is 1. The molecular formula is C22H20ClN3O6. The predicted octanol–water partition coefficient (Wildman–Crippen LogP) is 2.36. The molecule has 0 bridgehead atoms. The molecule has 10 heteroatoms. The number of hydrogen-bond donors (Lipinski definition) is 2. The van der Waals surface area contributed by atoms with Gasteiger partial charge in [-0.25, -0.2) is 5.43 Å². The average molecular weight is 458 g/mol. The van der Waals surface area contributed by atoms with Crippen molar-refractivity contribution in [2.24, 2.45) is 5.10 Å². The van der Waals surface area contributed by atoms with Crippen molar-refractivity contribution in [1.82, 2.24) is 10.7 Å². The van der Waals surface area contributed by atoms with Crippen molar-refractivity contribution in [3.63, 3.8) is 0 Å². The molecule has 9 nitrogen and oxygen atoms in total. The summed E-state index contributed by atoms with van der Waals surface area (Å²) in [6.45, 7) is 2.09. The highest BCUT2D eigenvalue weighted by Crippen LogP contribution is 2.36. The van der Waals surface area contributed by atoms with Crippen LogP contribution >= 0.6 is 11.6 Å². The number of amides is 2. The van der Waals surface area contributed by atoms with Gasteiger partial charge in [-0.05, 0) is 42.8 Å². The van der Waals surface area contributed by atoms with E-state index < -0.39 is 11.8 Å². The van der Waals surface area contributed by atoms with Crippen LogP contribution in [0.5, 0.6) is 23.0 Å². The SMILES string of the molecule is C#CCOc1c(Cl)cc(C=NNC(=O)CNC(=O)c2ccc3c(c2)OCO3)cc1OCC. The maximum Gasteiger partial charge on any atom is 0.259 e. The summed E-state index contributed by atoms with van der Waals surface area (Å²) in [4.78, 5) is 24.2. The van der Waals surface area contributed by atoms with E-state index in [0.29, 0.717) is 40.7 Å². The second-order valence-electron chi connectivity index (χ2n) is 6.30. The fourth-order valence-corrected chi connectivity index (χ4v) is 2.97. The molecule has 0 aliphatic carbocycles. The second kappa shape index (κ2) is 10.9. The first-order valence-electron chi connectivity index (χ1n) is 9.54. The summed E-state index contributed by atoms with van der Waals surface area (Å²) in [5.41, 5.74) is 3.24. The van der Waals surface area contributed by atoms with E-state index in [1.165, 1.54) is 6.21 Å². The highest BCUT2D eigenvalue weighted by Gasteiger charge is 2.16. The van der Waals surface area contributed by atoms with Crippen LogP contribution in [0.15, 0.2) is 35.4 Å². The lowest BCUT2D eigenvalue weighted by molar-refractivity contribution is -0.120. The third-order valence-corrected chi connectivity index (χ3v) is 4.36. The van der Waals surface area contributed by atoms with E-state index in [-0.39, 0.29) is 25.0 Å². The zero-order valence-electron chi connectivity index (χ0n) is 17.1. The number of carbonyl (C=O) groups excluding carboxylic acids is 2. The van der Waals surface area contributed by atoms with Gasteiger partial charge in [0.1, 0.15) is 6.61 Å². The van der Waals surface area contributed by atoms with Crippen molar-refractivity contribution in [2.75, 3.05) is 26.6 Å². The van der Waals surface area contributed by atoms with Crippen molar-refractivity contribution < 1.29 is 28.5 Å². The summed E-state index contributed by atoms with van der Waals surface area (Å²) in [5.74, 6) is 3.20. The van der Waals surface area contributed by atoms with Crippen LogP contribution < -0.4 is 29.7 Å². The summed E-state index contributed by atoms with van der Waals surface area (Å²) >= 11 is 6.24. The summed E-state index contributed by atoms with van der Waals surface area (Å²) in [6, 6.07) is 8.00. The summed E-state index contributed by atoms with van der Waals surface area (Å²) in [6.07, 6.45) is 6.60. The van der Waals surface area contributed by atoms with E-state index >= 15 is 0 Å². The standard InChI is InChI=1S/C22H20ClN3O6/c1-3-7-30-21-16(23)8-14(9-19(21)29-4-2)11-25-26-20(27)12-24-22(28)15-5-6-17-18(10-15)32-13-31-17/h1,5-6,8-11H,4,7,12-13H2,2H3,(H,24,28)(H,26,27). The molecule has 2 amide bonds. The van der Waals surface area contributed by atoms with Gasteiger partial charge in [-0.1, -0.05) is 17.5 Å². The number of hydrogen-bond acceptors (Lipinski definition) is 7. The minimum atomic E-state index is -0.513. The predicted molar refractivity (Wildman–Crippen MR) is 118 cm³/mol. The molecule has 166 valence electrons. The Morgan fingerprint density at radius 1 is 1.25 bits per heavy atom. The smallest absolute Gasteiger partial charge is 0.259 e. The number of rotatable bonds is 9. The van der Waals surface area contributed by atoms with Crippen molar-refractivity contribution >= 4 is 29.6 Å². The van der Waals surface area contributed by atoms with Gasteiger partial charge in [0, 0.05) is 5.56 Å². The van der Waals surface area contributed by atoms with E-state index in [1.54, 1.807) is 30.3 Å². The third-order valence-electron chi connectivity index (χ3n) is 4.08. The number of terminal acetylenes is 1. The van der Waals surface area contributed by atoms with Crippen LogP contribution in [0.3, 0.4) is 0 Å². The van der Waals surface area contributed by atoms with Crippen LogP contribution in [-0.4, -0.2) is 44.6 Å². The lowest BCUT2D eigenvalue weighted by Gasteiger charge is -2.12. The van der Waals surface area contributed by atoms with E-state index in [0.717, 1.165) is 0 Å². The number of nitrogens with one attached hydrogen (secondary N) is 2. The molecule has 3 rings (SSSR count). The molecule has 0 fully saturated rings. The van der Waals surface area contributed by atoms with Gasteiger partial charge in [0.05, 0.1) is 24.4 Å². The summed E-state index contributed by atoms with van der Waals surface area (Å²) < 4.78 is 21.4. The van der Waals surface area contributed by atoms with Gasteiger partial charge in [-0.15, -0.1) is 6.42 Å². The third kappa shape index (κ3) is 5.83. The van der Waals surface area contributed by atoms with E-state index in [1.807, 2.05) is 6.92 Å². The van der Waals surface area contributed by atoms with Crippen LogP contribution in [0.1, 0.15) is 22.8 Å². The number of carbonyl (C=O) groups is 2. The first-order valence-corrected chi connectivity index (χ1v) is 9.92. The Bertz CT molecular complexity index is 1080. The first kappa shape index (κ1) is 22.8. The Morgan fingerprint density at radius 3 is 2.84 bits per heavy atom. The molecule has 0 unspecified atom stereocenters. The number of benzene rings is 2. The average Bonchev–Trinajstić information content (AvgIpc) is 3.25. The second-order valence-corrected chi connectivity index (χ2v) is 6.71. The molecular weight excluding hydrogens is 438 g/mol. The van der Waals surface area contributed by atoms with Crippen molar-refractivity contribution in [1.29, 1.82) is 0 Å². The van der Waals surface area contributed by atoms with Gasteiger partial charge in [-0.3, -0.25) is 9.59 Å². The molecule has 0 aromatic heterocycles. The van der Waals surface area contributed by atoms with Crippen molar-refractivity contribution in [3.05, 3.63) is 46.5 Å². The molecule has 32 heavy (non-hydrogen) atoms.